The molecular weight excluding hydrogens is 301 g/mol. The molecule has 2 aromatic rings. The average Bonchev–Trinajstić information content (AvgIpc) is 3.22. The van der Waals surface area contributed by atoms with Gasteiger partial charge in [0.25, 0.3) is 0 Å². The molecule has 0 radical (unpaired) electrons. The van der Waals surface area contributed by atoms with E-state index in [1.54, 1.807) is 24.3 Å². The van der Waals surface area contributed by atoms with Gasteiger partial charge in [-0.25, -0.2) is 4.79 Å². The molecule has 22 heavy (non-hydrogen) atoms. The lowest BCUT2D eigenvalue weighted by molar-refractivity contribution is -0.162. The highest BCUT2D eigenvalue weighted by atomic mass is 19.4. The number of nitrogens with zero attached hydrogens (tertiary/aromatic N) is 2. The molecule has 0 atom stereocenters. The van der Waals surface area contributed by atoms with Crippen molar-refractivity contribution in [2.75, 3.05) is 6.54 Å². The maximum atomic E-state index is 12.6. The monoisotopic (exact) mass is 314 g/mol. The van der Waals surface area contributed by atoms with E-state index in [9.17, 15) is 22.8 Å². The maximum absolute atomic E-state index is 12.6. The Labute approximate surface area is 122 Å². The van der Waals surface area contributed by atoms with Gasteiger partial charge in [0, 0.05) is 6.04 Å². The Kier molecular flexibility index (Phi) is 3.46. The third kappa shape index (κ3) is 3.00. The molecule has 0 N–H and O–H groups in total. The number of aromatic nitrogens is 1. The van der Waals surface area contributed by atoms with Crippen LogP contribution in [-0.4, -0.2) is 34.1 Å². The van der Waals surface area contributed by atoms with Crippen molar-refractivity contribution in [1.82, 2.24) is 9.47 Å². The zero-order valence-corrected chi connectivity index (χ0v) is 11.5. The van der Waals surface area contributed by atoms with Gasteiger partial charge in [-0.1, -0.05) is 12.1 Å². The predicted molar refractivity (Wildman–Crippen MR) is 71.3 cm³/mol. The van der Waals surface area contributed by atoms with Gasteiger partial charge >= 0.3 is 11.9 Å². The molecular formula is C14H13F3N2O3. The van der Waals surface area contributed by atoms with E-state index in [4.69, 9.17) is 4.42 Å². The van der Waals surface area contributed by atoms with Crippen molar-refractivity contribution in [2.24, 2.45) is 0 Å². The third-order valence-corrected chi connectivity index (χ3v) is 3.52. The summed E-state index contributed by atoms with van der Waals surface area (Å²) < 4.78 is 43.8. The van der Waals surface area contributed by atoms with Crippen LogP contribution in [0.5, 0.6) is 0 Å². The molecule has 1 aliphatic rings. The molecule has 118 valence electrons. The van der Waals surface area contributed by atoms with Crippen LogP contribution >= 0.6 is 0 Å². The minimum absolute atomic E-state index is 0.300. The van der Waals surface area contributed by atoms with Crippen molar-refractivity contribution < 1.29 is 22.4 Å². The first-order valence-electron chi connectivity index (χ1n) is 6.80. The van der Waals surface area contributed by atoms with E-state index in [1.807, 2.05) is 0 Å². The number of para-hydroxylation sites is 2. The van der Waals surface area contributed by atoms with Gasteiger partial charge in [0.1, 0.15) is 13.1 Å². The van der Waals surface area contributed by atoms with Crippen molar-refractivity contribution in [1.29, 1.82) is 0 Å². The number of carbonyl (C=O) groups excluding carboxylic acids is 1. The Bertz CT molecular complexity index is 759. The molecule has 3 rings (SSSR count). The molecule has 1 aromatic carbocycles. The quantitative estimate of drug-likeness (QED) is 0.869. The summed E-state index contributed by atoms with van der Waals surface area (Å²) in [6.45, 7) is -1.75. The number of halogens is 3. The first-order valence-corrected chi connectivity index (χ1v) is 6.80. The Morgan fingerprint density at radius 3 is 2.64 bits per heavy atom. The van der Waals surface area contributed by atoms with Gasteiger partial charge in [0.05, 0.1) is 5.52 Å². The lowest BCUT2D eigenvalue weighted by Gasteiger charge is -2.23. The summed E-state index contributed by atoms with van der Waals surface area (Å²) in [4.78, 5) is 24.8. The Morgan fingerprint density at radius 1 is 1.32 bits per heavy atom. The summed E-state index contributed by atoms with van der Waals surface area (Å²) in [6, 6.07) is 6.08. The first-order chi connectivity index (χ1) is 10.3. The number of amides is 1. The van der Waals surface area contributed by atoms with E-state index >= 15 is 0 Å². The highest BCUT2D eigenvalue weighted by molar-refractivity contribution is 5.80. The standard InChI is InChI=1S/C14H13F3N2O3/c15-14(16,17)8-19(9-5-6-9)12(20)7-18-10-3-1-2-4-11(10)22-13(18)21/h1-4,9H,5-8H2. The van der Waals surface area contributed by atoms with Crippen LogP contribution in [0.4, 0.5) is 13.2 Å². The SMILES string of the molecule is O=C(Cn1c(=O)oc2ccccc21)N(CC(F)(F)F)C1CC1. The van der Waals surface area contributed by atoms with E-state index in [-0.39, 0.29) is 6.04 Å². The van der Waals surface area contributed by atoms with Gasteiger partial charge < -0.3 is 9.32 Å². The van der Waals surface area contributed by atoms with Crippen molar-refractivity contribution in [2.45, 2.75) is 31.6 Å². The topological polar surface area (TPSA) is 55.5 Å². The van der Waals surface area contributed by atoms with Gasteiger partial charge in [-0.2, -0.15) is 13.2 Å². The molecule has 0 aliphatic heterocycles. The molecule has 8 heteroatoms. The number of benzene rings is 1. The minimum Gasteiger partial charge on any atom is -0.408 e. The Morgan fingerprint density at radius 2 is 2.00 bits per heavy atom. The number of oxazole rings is 1. The first kappa shape index (κ1) is 14.7. The van der Waals surface area contributed by atoms with Gasteiger partial charge in [0.15, 0.2) is 5.58 Å². The van der Waals surface area contributed by atoms with Crippen molar-refractivity contribution in [3.63, 3.8) is 0 Å². The van der Waals surface area contributed by atoms with E-state index in [0.717, 1.165) is 9.47 Å². The number of rotatable bonds is 4. The molecule has 1 aliphatic carbocycles. The van der Waals surface area contributed by atoms with Gasteiger partial charge in [0.2, 0.25) is 5.91 Å². The molecule has 1 aromatic heterocycles. The maximum Gasteiger partial charge on any atom is 0.420 e. The fourth-order valence-corrected chi connectivity index (χ4v) is 2.39. The Hall–Kier alpha value is -2.25. The highest BCUT2D eigenvalue weighted by Gasteiger charge is 2.40. The van der Waals surface area contributed by atoms with Crippen LogP contribution in [0, 0.1) is 0 Å². The highest BCUT2D eigenvalue weighted by Crippen LogP contribution is 2.30. The second-order valence-corrected chi connectivity index (χ2v) is 5.29. The summed E-state index contributed by atoms with van der Waals surface area (Å²) in [5, 5.41) is 0. The van der Waals surface area contributed by atoms with E-state index in [1.165, 1.54) is 0 Å². The largest absolute Gasteiger partial charge is 0.420 e. The average molecular weight is 314 g/mol. The van der Waals surface area contributed by atoms with Crippen LogP contribution < -0.4 is 5.76 Å². The number of carbonyl (C=O) groups is 1. The number of hydrogen-bond acceptors (Lipinski definition) is 3. The van der Waals surface area contributed by atoms with Crippen LogP contribution in [0.25, 0.3) is 11.1 Å². The molecule has 1 fully saturated rings. The van der Waals surface area contributed by atoms with Gasteiger partial charge in [-0.05, 0) is 25.0 Å². The number of fused-ring (bicyclic) bond motifs is 1. The zero-order valence-electron chi connectivity index (χ0n) is 11.5. The fourth-order valence-electron chi connectivity index (χ4n) is 2.39. The van der Waals surface area contributed by atoms with Crippen LogP contribution in [0.15, 0.2) is 33.5 Å². The van der Waals surface area contributed by atoms with Crippen LogP contribution in [0.2, 0.25) is 0 Å². The van der Waals surface area contributed by atoms with Gasteiger partial charge in [-0.3, -0.25) is 9.36 Å². The molecule has 1 heterocycles. The summed E-state index contributed by atoms with van der Waals surface area (Å²) in [5.74, 6) is -1.48. The lowest BCUT2D eigenvalue weighted by atomic mass is 10.3. The molecule has 5 nitrogen and oxygen atoms in total. The summed E-state index contributed by atoms with van der Waals surface area (Å²) in [6.07, 6.45) is -3.34. The second-order valence-electron chi connectivity index (χ2n) is 5.29. The van der Waals surface area contributed by atoms with E-state index < -0.39 is 30.9 Å². The number of alkyl halides is 3. The summed E-state index contributed by atoms with van der Waals surface area (Å²) in [7, 11) is 0. The second kappa shape index (κ2) is 5.19. The van der Waals surface area contributed by atoms with Crippen molar-refractivity contribution in [3.8, 4) is 0 Å². The normalized spacial score (nSPS) is 15.2. The van der Waals surface area contributed by atoms with Crippen LogP contribution in [0.3, 0.4) is 0 Å². The molecule has 0 unspecified atom stereocenters. The number of hydrogen-bond donors (Lipinski definition) is 0. The van der Waals surface area contributed by atoms with E-state index in [2.05, 4.69) is 0 Å². The van der Waals surface area contributed by atoms with Crippen molar-refractivity contribution >= 4 is 17.0 Å². The van der Waals surface area contributed by atoms with E-state index in [0.29, 0.717) is 23.9 Å². The van der Waals surface area contributed by atoms with Crippen molar-refractivity contribution in [3.05, 3.63) is 34.8 Å². The minimum atomic E-state index is -4.46. The molecule has 0 bridgehead atoms. The fraction of sp³-hybridized carbons (Fsp3) is 0.429. The Balaban J connectivity index is 1.85. The van der Waals surface area contributed by atoms with Crippen LogP contribution in [-0.2, 0) is 11.3 Å². The lowest BCUT2D eigenvalue weighted by Crippen LogP contribution is -2.43. The molecule has 0 saturated heterocycles. The van der Waals surface area contributed by atoms with Crippen LogP contribution in [0.1, 0.15) is 12.8 Å². The molecule has 0 spiro atoms. The molecule has 1 amide bonds. The molecule has 1 saturated carbocycles. The zero-order chi connectivity index (χ0) is 15.9. The summed E-state index contributed by atoms with van der Waals surface area (Å²) in [5.41, 5.74) is 0.692. The summed E-state index contributed by atoms with van der Waals surface area (Å²) >= 11 is 0. The third-order valence-electron chi connectivity index (χ3n) is 3.52. The smallest absolute Gasteiger partial charge is 0.408 e. The predicted octanol–water partition coefficient (Wildman–Crippen LogP) is 2.15. The van der Waals surface area contributed by atoms with Gasteiger partial charge in [-0.15, -0.1) is 0 Å².